The van der Waals surface area contributed by atoms with Gasteiger partial charge in [-0.1, -0.05) is 130 Å². The first-order valence-corrected chi connectivity index (χ1v) is 25.5. The van der Waals surface area contributed by atoms with Gasteiger partial charge in [-0.3, -0.25) is 19.2 Å². The van der Waals surface area contributed by atoms with Gasteiger partial charge in [-0.05, 0) is 117 Å². The van der Waals surface area contributed by atoms with E-state index < -0.39 is 23.9 Å². The van der Waals surface area contributed by atoms with Crippen molar-refractivity contribution in [3.05, 3.63) is 154 Å². The summed E-state index contributed by atoms with van der Waals surface area (Å²) >= 11 is 53.9. The lowest BCUT2D eigenvalue weighted by molar-refractivity contribution is -0.138. The Morgan fingerprint density at radius 3 is 0.918 bits per heavy atom. The van der Waals surface area contributed by atoms with E-state index in [0.29, 0.717) is 101 Å². The molecular weight excluding hydrogens is 1140 g/mol. The number of hydrogen-bond acceptors (Lipinski definition) is 10. The number of rotatable bonds is 22. The highest BCUT2D eigenvalue weighted by Crippen LogP contribution is 2.40. The van der Waals surface area contributed by atoms with Crippen molar-refractivity contribution in [3.8, 4) is 51.7 Å². The van der Waals surface area contributed by atoms with Crippen molar-refractivity contribution in [2.45, 2.75) is 77.0 Å². The molecule has 0 aliphatic heterocycles. The predicted octanol–water partition coefficient (Wildman–Crippen LogP) is 18.7. The fourth-order valence-corrected chi connectivity index (χ4v) is 7.88. The number of carbonyl (C=O) groups excluding carboxylic acids is 2. The van der Waals surface area contributed by atoms with Crippen molar-refractivity contribution in [2.24, 2.45) is 0 Å². The highest BCUT2D eigenvalue weighted by Gasteiger charge is 2.17. The average molecular weight is 1180 g/mol. The van der Waals surface area contributed by atoms with E-state index in [1.807, 2.05) is 0 Å². The number of benzene rings is 6. The molecule has 0 spiro atoms. The lowest BCUT2D eigenvalue weighted by Crippen LogP contribution is -2.09. The summed E-state index contributed by atoms with van der Waals surface area (Å²) < 4.78 is 28.2. The lowest BCUT2D eigenvalue weighted by atomic mass is 10.1. The number of aromatic hydroxyl groups is 1. The maximum absolute atomic E-state index is 12.5. The second kappa shape index (κ2) is 31.7. The van der Waals surface area contributed by atoms with E-state index in [9.17, 15) is 24.3 Å². The second-order valence-corrected chi connectivity index (χ2v) is 19.2. The molecule has 0 aliphatic rings. The average Bonchev–Trinajstić information content (AvgIpc) is 3.31. The van der Waals surface area contributed by atoms with Gasteiger partial charge in [0.2, 0.25) is 0 Å². The Balaban J connectivity index is 0.000000323. The first-order chi connectivity index (χ1) is 34.8. The number of carboxylic acids is 2. The topological polar surface area (TPSA) is 175 Å². The number of unbranched alkanes of at least 4 members (excludes halogenated alkanes) is 6. The van der Waals surface area contributed by atoms with E-state index in [1.54, 1.807) is 91.0 Å². The summed E-state index contributed by atoms with van der Waals surface area (Å²) in [5.41, 5.74) is 0. The molecule has 0 atom stereocenters. The van der Waals surface area contributed by atoms with E-state index in [0.717, 1.165) is 12.8 Å². The molecule has 0 saturated carbocycles. The van der Waals surface area contributed by atoms with Crippen LogP contribution in [-0.2, 0) is 19.2 Å². The third-order valence-electron chi connectivity index (χ3n) is 9.56. The number of halogens is 9. The van der Waals surface area contributed by atoms with Crippen LogP contribution >= 0.6 is 104 Å². The lowest BCUT2D eigenvalue weighted by Gasteiger charge is -2.13. The highest BCUT2D eigenvalue weighted by molar-refractivity contribution is 6.37. The van der Waals surface area contributed by atoms with E-state index in [2.05, 4.69) is 0 Å². The second-order valence-electron chi connectivity index (χ2n) is 15.4. The minimum Gasteiger partial charge on any atom is -0.504 e. The zero-order valence-electron chi connectivity index (χ0n) is 38.3. The minimum absolute atomic E-state index is 0.0523. The van der Waals surface area contributed by atoms with E-state index in [-0.39, 0.29) is 60.2 Å². The molecule has 0 aliphatic carbocycles. The Morgan fingerprint density at radius 1 is 0.329 bits per heavy atom. The van der Waals surface area contributed by atoms with E-state index in [1.165, 1.54) is 18.2 Å². The van der Waals surface area contributed by atoms with Crippen LogP contribution in [0.25, 0.3) is 0 Å². The minimum atomic E-state index is -0.784. The molecule has 0 radical (unpaired) electrons. The van der Waals surface area contributed by atoms with Crippen LogP contribution in [0.3, 0.4) is 0 Å². The van der Waals surface area contributed by atoms with Crippen LogP contribution in [0, 0.1) is 0 Å². The Kier molecular flexibility index (Phi) is 26.3. The molecule has 388 valence electrons. The quantitative estimate of drug-likeness (QED) is 0.0334. The summed E-state index contributed by atoms with van der Waals surface area (Å²) in [7, 11) is 0. The van der Waals surface area contributed by atoms with Gasteiger partial charge >= 0.3 is 23.9 Å². The van der Waals surface area contributed by atoms with Crippen molar-refractivity contribution >= 4 is 128 Å². The van der Waals surface area contributed by atoms with Crippen molar-refractivity contribution in [1.82, 2.24) is 0 Å². The highest BCUT2D eigenvalue weighted by atomic mass is 35.5. The van der Waals surface area contributed by atoms with Crippen LogP contribution in [0.1, 0.15) is 77.0 Å². The molecule has 0 bridgehead atoms. The molecule has 0 unspecified atom stereocenters. The van der Waals surface area contributed by atoms with E-state index in [4.69, 9.17) is 138 Å². The largest absolute Gasteiger partial charge is 0.504 e. The first-order valence-electron chi connectivity index (χ1n) is 22.1. The van der Waals surface area contributed by atoms with Crippen molar-refractivity contribution in [3.63, 3.8) is 0 Å². The molecule has 0 fully saturated rings. The standard InChI is InChI=1S/C32H24Cl6O6.C12H7Cl3O2.C8H14O4/c33-19-7-11-25(23(37)15-19)41-27-13-9-21(35)17-29(27)43-31(39)5-3-1-2-4-6-32(40)44-30-18-22(36)10-14-28(30)42-26-12-8-20(34)16-24(26)38;13-7-1-3-11(9(15)5-7)17-12-4-2-8(14)6-10(12)16;9-7(10)5-3-1-2-4-6-8(11)12/h7-18H,1-6H2;1-6,16H;1-6H2,(H,9,10)(H,11,12). The van der Waals surface area contributed by atoms with Gasteiger partial charge in [0.05, 0.1) is 15.1 Å². The van der Waals surface area contributed by atoms with Gasteiger partial charge < -0.3 is 39.0 Å². The zero-order chi connectivity index (χ0) is 53.5. The summed E-state index contributed by atoms with van der Waals surface area (Å²) in [6.07, 6.45) is 6.11. The smallest absolute Gasteiger partial charge is 0.311 e. The van der Waals surface area contributed by atoms with E-state index >= 15 is 0 Å². The number of esters is 2. The maximum atomic E-state index is 12.5. The summed E-state index contributed by atoms with van der Waals surface area (Å²) in [4.78, 5) is 45.2. The van der Waals surface area contributed by atoms with Crippen molar-refractivity contribution in [1.29, 1.82) is 0 Å². The molecule has 12 nitrogen and oxygen atoms in total. The van der Waals surface area contributed by atoms with Crippen LogP contribution in [0.5, 0.6) is 51.7 Å². The number of ether oxygens (including phenoxy) is 5. The maximum Gasteiger partial charge on any atom is 0.311 e. The third-order valence-corrected chi connectivity index (χ3v) is 11.9. The Hall–Kier alpha value is -4.99. The molecule has 0 saturated heterocycles. The third kappa shape index (κ3) is 23.0. The fraction of sp³-hybridized carbons (Fsp3) is 0.231. The number of phenolic OH excluding ortho intramolecular Hbond substituents is 1. The Labute approximate surface area is 466 Å². The molecule has 0 amide bonds. The molecule has 6 rings (SSSR count). The molecule has 73 heavy (non-hydrogen) atoms. The van der Waals surface area contributed by atoms with Gasteiger partial charge in [0.1, 0.15) is 17.2 Å². The fourth-order valence-electron chi connectivity index (χ4n) is 6.04. The van der Waals surface area contributed by atoms with Gasteiger partial charge in [-0.25, -0.2) is 0 Å². The van der Waals surface area contributed by atoms with Gasteiger partial charge in [0, 0.05) is 74.0 Å². The monoisotopic (exact) mass is 1180 g/mol. The van der Waals surface area contributed by atoms with Gasteiger partial charge in [0.25, 0.3) is 0 Å². The summed E-state index contributed by atoms with van der Waals surface area (Å²) in [5, 5.41) is 29.7. The predicted molar refractivity (Wildman–Crippen MR) is 288 cm³/mol. The van der Waals surface area contributed by atoms with Gasteiger partial charge in [0.15, 0.2) is 34.5 Å². The molecule has 0 heterocycles. The summed E-state index contributed by atoms with van der Waals surface area (Å²) in [5.74, 6) is -0.264. The molecule has 6 aromatic carbocycles. The summed E-state index contributed by atoms with van der Waals surface area (Å²) in [6, 6.07) is 28.3. The normalized spacial score (nSPS) is 10.5. The van der Waals surface area contributed by atoms with Crippen LogP contribution < -0.4 is 23.7 Å². The van der Waals surface area contributed by atoms with Crippen LogP contribution in [-0.4, -0.2) is 39.2 Å². The first kappa shape index (κ1) is 60.6. The number of hydrogen-bond donors (Lipinski definition) is 3. The molecule has 3 N–H and O–H groups in total. The number of phenols is 1. The Morgan fingerprint density at radius 2 is 0.603 bits per heavy atom. The number of aliphatic carboxylic acids is 2. The number of carboxylic acid groups (broad SMARTS) is 2. The zero-order valence-corrected chi connectivity index (χ0v) is 45.1. The SMILES string of the molecule is O=C(CCCCCCC(=O)Oc1cc(Cl)ccc1Oc1ccc(Cl)cc1Cl)Oc1cc(Cl)ccc1Oc1ccc(Cl)cc1Cl.O=C(O)CCCCCCC(=O)O.Oc1cc(Cl)ccc1Oc1ccc(Cl)cc1Cl. The van der Waals surface area contributed by atoms with Crippen molar-refractivity contribution < 1.29 is 58.2 Å². The number of carbonyl (C=O) groups is 4. The van der Waals surface area contributed by atoms with Crippen LogP contribution in [0.15, 0.2) is 109 Å². The molecule has 6 aromatic rings. The van der Waals surface area contributed by atoms with Crippen LogP contribution in [0.2, 0.25) is 45.2 Å². The molecular formula is C52H45Cl9O12. The van der Waals surface area contributed by atoms with Crippen LogP contribution in [0.4, 0.5) is 0 Å². The van der Waals surface area contributed by atoms with Crippen molar-refractivity contribution in [2.75, 3.05) is 0 Å². The molecule has 0 aromatic heterocycles. The Bertz CT molecular complexity index is 2640. The molecule has 21 heteroatoms. The van der Waals surface area contributed by atoms with Gasteiger partial charge in [-0.15, -0.1) is 0 Å². The summed E-state index contributed by atoms with van der Waals surface area (Å²) in [6.45, 7) is 0. The van der Waals surface area contributed by atoms with Gasteiger partial charge in [-0.2, -0.15) is 0 Å².